The number of hydrogen-bond acceptors (Lipinski definition) is 7. The zero-order chi connectivity index (χ0) is 21.4. The van der Waals surface area contributed by atoms with Gasteiger partial charge in [0.2, 0.25) is 5.88 Å². The van der Waals surface area contributed by atoms with Crippen LogP contribution >= 0.6 is 11.3 Å². The Hall–Kier alpha value is -2.68. The van der Waals surface area contributed by atoms with Crippen LogP contribution in [0.4, 0.5) is 0 Å². The number of rotatable bonds is 8. The minimum Gasteiger partial charge on any atom is -0.475 e. The molecule has 0 aliphatic carbocycles. The molecule has 9 heteroatoms. The van der Waals surface area contributed by atoms with Crippen LogP contribution in [0, 0.1) is 6.92 Å². The van der Waals surface area contributed by atoms with Crippen molar-refractivity contribution >= 4 is 23.3 Å². The van der Waals surface area contributed by atoms with Crippen LogP contribution in [0.25, 0.3) is 0 Å². The summed E-state index contributed by atoms with van der Waals surface area (Å²) in [6, 6.07) is 3.70. The molecule has 2 rings (SSSR count). The molecule has 0 aliphatic rings. The third-order valence-corrected chi connectivity index (χ3v) is 5.16. The number of thiazole rings is 1. The first kappa shape index (κ1) is 22.6. The number of carbonyl (C=O) groups is 1. The second-order valence-electron chi connectivity index (χ2n) is 6.65. The van der Waals surface area contributed by atoms with E-state index in [1.807, 2.05) is 39.8 Å². The van der Waals surface area contributed by atoms with E-state index in [0.29, 0.717) is 35.6 Å². The van der Waals surface area contributed by atoms with Gasteiger partial charge in [0.05, 0.1) is 24.4 Å². The van der Waals surface area contributed by atoms with E-state index in [9.17, 15) is 4.79 Å². The number of ether oxygens (including phenoxy) is 2. The number of aromatic nitrogens is 2. The third kappa shape index (κ3) is 6.70. The van der Waals surface area contributed by atoms with Crippen LogP contribution in [0.15, 0.2) is 23.3 Å². The second-order valence-corrected chi connectivity index (χ2v) is 7.68. The molecule has 0 amide bonds. The van der Waals surface area contributed by atoms with Crippen LogP contribution in [0.3, 0.4) is 0 Å². The lowest BCUT2D eigenvalue weighted by Gasteiger charge is -2.16. The van der Waals surface area contributed by atoms with Crippen LogP contribution in [0.2, 0.25) is 0 Å². The molecule has 2 aromatic rings. The normalized spacial score (nSPS) is 12.6. The molecule has 0 saturated heterocycles. The Bertz CT molecular complexity index is 833. The summed E-state index contributed by atoms with van der Waals surface area (Å²) in [6.07, 6.45) is 1.87. The predicted molar refractivity (Wildman–Crippen MR) is 115 cm³/mol. The Labute approximate surface area is 175 Å². The Morgan fingerprint density at radius 1 is 1.31 bits per heavy atom. The Morgan fingerprint density at radius 3 is 2.66 bits per heavy atom. The maximum Gasteiger partial charge on any atom is 0.350 e. The summed E-state index contributed by atoms with van der Waals surface area (Å²) in [5.74, 6) is 0.905. The smallest absolute Gasteiger partial charge is 0.350 e. The zero-order valence-corrected chi connectivity index (χ0v) is 18.6. The summed E-state index contributed by atoms with van der Waals surface area (Å²) < 4.78 is 10.6. The SMILES string of the molecule is CCOC(=O)c1sc(C(C)NC(=NC)NCc2ccc(OC(C)C)nc2)nc1C. The van der Waals surface area contributed by atoms with Gasteiger partial charge in [-0.25, -0.2) is 14.8 Å². The van der Waals surface area contributed by atoms with Gasteiger partial charge in [-0.1, -0.05) is 6.07 Å². The summed E-state index contributed by atoms with van der Waals surface area (Å²) in [5, 5.41) is 7.34. The number of hydrogen-bond donors (Lipinski definition) is 2. The highest BCUT2D eigenvalue weighted by Gasteiger charge is 2.20. The van der Waals surface area contributed by atoms with Gasteiger partial charge in [0, 0.05) is 25.9 Å². The monoisotopic (exact) mass is 419 g/mol. The molecule has 1 unspecified atom stereocenters. The van der Waals surface area contributed by atoms with Crippen molar-refractivity contribution in [2.45, 2.75) is 53.3 Å². The second kappa shape index (κ2) is 10.8. The van der Waals surface area contributed by atoms with Gasteiger partial charge in [-0.15, -0.1) is 11.3 Å². The zero-order valence-electron chi connectivity index (χ0n) is 17.8. The molecule has 0 aliphatic heterocycles. The van der Waals surface area contributed by atoms with E-state index in [2.05, 4.69) is 25.6 Å². The number of nitrogens with zero attached hydrogens (tertiary/aromatic N) is 3. The first-order valence-corrected chi connectivity index (χ1v) is 10.4. The number of guanidine groups is 1. The van der Waals surface area contributed by atoms with Crippen LogP contribution in [-0.4, -0.2) is 41.7 Å². The van der Waals surface area contributed by atoms with E-state index < -0.39 is 0 Å². The van der Waals surface area contributed by atoms with Gasteiger partial charge >= 0.3 is 5.97 Å². The summed E-state index contributed by atoms with van der Waals surface area (Å²) in [4.78, 5) is 25.6. The summed E-state index contributed by atoms with van der Waals surface area (Å²) in [5.41, 5.74) is 1.68. The topological polar surface area (TPSA) is 97.7 Å². The van der Waals surface area contributed by atoms with Crippen molar-refractivity contribution in [1.29, 1.82) is 0 Å². The molecule has 0 aromatic carbocycles. The number of carbonyl (C=O) groups excluding carboxylic acids is 1. The molecule has 0 radical (unpaired) electrons. The average Bonchev–Trinajstić information content (AvgIpc) is 3.08. The van der Waals surface area contributed by atoms with Crippen LogP contribution in [-0.2, 0) is 11.3 Å². The fraction of sp³-hybridized carbons (Fsp3) is 0.500. The number of pyridine rings is 1. The fourth-order valence-electron chi connectivity index (χ4n) is 2.46. The van der Waals surface area contributed by atoms with Gasteiger partial charge in [0.1, 0.15) is 9.88 Å². The Kier molecular flexibility index (Phi) is 8.38. The molecular weight excluding hydrogens is 390 g/mol. The number of aryl methyl sites for hydroxylation is 1. The van der Waals surface area contributed by atoms with Crippen LogP contribution < -0.4 is 15.4 Å². The lowest BCUT2D eigenvalue weighted by atomic mass is 10.3. The molecule has 0 saturated carbocycles. The summed E-state index contributed by atoms with van der Waals surface area (Å²) in [7, 11) is 1.71. The minimum atomic E-state index is -0.333. The van der Waals surface area contributed by atoms with Gasteiger partial charge in [0.15, 0.2) is 5.96 Å². The molecule has 8 nitrogen and oxygen atoms in total. The van der Waals surface area contributed by atoms with E-state index in [0.717, 1.165) is 10.6 Å². The van der Waals surface area contributed by atoms with E-state index >= 15 is 0 Å². The first-order chi connectivity index (χ1) is 13.8. The number of nitrogens with one attached hydrogen (secondary N) is 2. The fourth-order valence-corrected chi connectivity index (χ4v) is 3.43. The molecule has 2 aromatic heterocycles. The van der Waals surface area contributed by atoms with E-state index in [1.165, 1.54) is 11.3 Å². The average molecular weight is 420 g/mol. The molecule has 1 atom stereocenters. The van der Waals surface area contributed by atoms with Gasteiger partial charge in [-0.05, 0) is 40.2 Å². The maximum absolute atomic E-state index is 12.0. The van der Waals surface area contributed by atoms with Gasteiger partial charge in [0.25, 0.3) is 0 Å². The molecule has 0 fully saturated rings. The molecule has 0 spiro atoms. The van der Waals surface area contributed by atoms with E-state index in [-0.39, 0.29) is 18.1 Å². The van der Waals surface area contributed by atoms with Gasteiger partial charge in [-0.2, -0.15) is 0 Å². The van der Waals surface area contributed by atoms with Gasteiger partial charge in [-0.3, -0.25) is 4.99 Å². The predicted octanol–water partition coefficient (Wildman–Crippen LogP) is 3.24. The molecular formula is C20H29N5O3S. The highest BCUT2D eigenvalue weighted by Crippen LogP contribution is 2.24. The first-order valence-electron chi connectivity index (χ1n) is 9.57. The van der Waals surface area contributed by atoms with Crippen LogP contribution in [0.5, 0.6) is 5.88 Å². The minimum absolute atomic E-state index is 0.0924. The van der Waals surface area contributed by atoms with Crippen molar-refractivity contribution in [3.63, 3.8) is 0 Å². The maximum atomic E-state index is 12.0. The van der Waals surface area contributed by atoms with Crippen molar-refractivity contribution in [3.05, 3.63) is 39.5 Å². The van der Waals surface area contributed by atoms with Crippen molar-refractivity contribution in [3.8, 4) is 5.88 Å². The Balaban J connectivity index is 1.94. The van der Waals surface area contributed by atoms with Crippen molar-refractivity contribution in [2.24, 2.45) is 4.99 Å². The van der Waals surface area contributed by atoms with Crippen molar-refractivity contribution in [1.82, 2.24) is 20.6 Å². The summed E-state index contributed by atoms with van der Waals surface area (Å²) in [6.45, 7) is 10.4. The molecule has 29 heavy (non-hydrogen) atoms. The largest absolute Gasteiger partial charge is 0.475 e. The van der Waals surface area contributed by atoms with Crippen molar-refractivity contribution < 1.29 is 14.3 Å². The Morgan fingerprint density at radius 2 is 2.07 bits per heavy atom. The lowest BCUT2D eigenvalue weighted by Crippen LogP contribution is -2.38. The molecule has 2 N–H and O–H groups in total. The van der Waals surface area contributed by atoms with Crippen LogP contribution in [0.1, 0.15) is 59.7 Å². The lowest BCUT2D eigenvalue weighted by molar-refractivity contribution is 0.0531. The number of aliphatic imine (C=N–C) groups is 1. The quantitative estimate of drug-likeness (QED) is 0.385. The van der Waals surface area contributed by atoms with E-state index in [1.54, 1.807) is 20.2 Å². The molecule has 0 bridgehead atoms. The number of esters is 1. The van der Waals surface area contributed by atoms with Crippen molar-refractivity contribution in [2.75, 3.05) is 13.7 Å². The highest BCUT2D eigenvalue weighted by molar-refractivity contribution is 7.13. The van der Waals surface area contributed by atoms with Gasteiger partial charge < -0.3 is 20.1 Å². The third-order valence-electron chi connectivity index (χ3n) is 3.84. The molecule has 2 heterocycles. The standard InChI is InChI=1S/C20H29N5O3S/c1-7-27-19(26)17-13(4)24-18(29-17)14(5)25-20(21-6)23-11-15-8-9-16(22-10-15)28-12(2)3/h8-10,12,14H,7,11H2,1-6H3,(H2,21,23,25). The highest BCUT2D eigenvalue weighted by atomic mass is 32.1. The summed E-state index contributed by atoms with van der Waals surface area (Å²) >= 11 is 1.33. The van der Waals surface area contributed by atoms with E-state index in [4.69, 9.17) is 9.47 Å². The molecule has 158 valence electrons.